The minimum Gasteiger partial charge on any atom is -0.466 e. The van der Waals surface area contributed by atoms with Crippen molar-refractivity contribution >= 4 is 5.97 Å². The lowest BCUT2D eigenvalue weighted by atomic mass is 10.1. The number of hydrogen-bond donors (Lipinski definition) is 1. The minimum atomic E-state index is -0.947. The summed E-state index contributed by atoms with van der Waals surface area (Å²) in [6, 6.07) is 0. The molecule has 0 aliphatic heterocycles. The van der Waals surface area contributed by atoms with Crippen molar-refractivity contribution in [3.8, 4) is 0 Å². The number of aliphatic hydroxyl groups is 1. The third-order valence-corrected chi connectivity index (χ3v) is 1.90. The molecule has 0 amide bonds. The topological polar surface area (TPSA) is 72.3 Å². The van der Waals surface area contributed by atoms with Crippen LogP contribution in [0.4, 0.5) is 0 Å². The average molecular weight is 210 g/mol. The third kappa shape index (κ3) is 3.28. The number of carbonyl (C=O) groups excluding carboxylic acids is 1. The fourth-order valence-corrected chi connectivity index (χ4v) is 1.22. The van der Waals surface area contributed by atoms with Gasteiger partial charge in [-0.15, -0.1) is 0 Å². The molecular weight excluding hydrogens is 196 g/mol. The Morgan fingerprint density at radius 1 is 1.53 bits per heavy atom. The highest BCUT2D eigenvalue weighted by molar-refractivity contribution is 5.70. The van der Waals surface area contributed by atoms with Crippen LogP contribution in [0.1, 0.15) is 30.8 Å². The van der Waals surface area contributed by atoms with Crippen LogP contribution in [-0.4, -0.2) is 27.7 Å². The predicted octanol–water partition coefficient (Wildman–Crippen LogP) is 0.772. The van der Waals surface area contributed by atoms with Crippen molar-refractivity contribution < 1.29 is 14.6 Å². The summed E-state index contributed by atoms with van der Waals surface area (Å²) in [6.45, 7) is 3.76. The number of hydrogen-bond acceptors (Lipinski definition) is 5. The third-order valence-electron chi connectivity index (χ3n) is 1.90. The molecule has 0 spiro atoms. The summed E-state index contributed by atoms with van der Waals surface area (Å²) in [5.41, 5.74) is 1.04. The van der Waals surface area contributed by atoms with Crippen molar-refractivity contribution in [1.82, 2.24) is 9.97 Å². The van der Waals surface area contributed by atoms with E-state index in [0.29, 0.717) is 18.0 Å². The van der Waals surface area contributed by atoms with Gasteiger partial charge in [0, 0.05) is 12.4 Å². The van der Waals surface area contributed by atoms with E-state index < -0.39 is 12.1 Å². The van der Waals surface area contributed by atoms with Crippen LogP contribution in [0.5, 0.6) is 0 Å². The highest BCUT2D eigenvalue weighted by Crippen LogP contribution is 2.16. The van der Waals surface area contributed by atoms with Gasteiger partial charge < -0.3 is 9.84 Å². The molecule has 0 aliphatic carbocycles. The van der Waals surface area contributed by atoms with E-state index in [1.165, 1.54) is 12.4 Å². The largest absolute Gasteiger partial charge is 0.466 e. The number of esters is 1. The molecule has 0 saturated carbocycles. The van der Waals surface area contributed by atoms with Crippen LogP contribution >= 0.6 is 0 Å². The van der Waals surface area contributed by atoms with Gasteiger partial charge in [0.05, 0.1) is 24.4 Å². The molecule has 5 nitrogen and oxygen atoms in total. The maximum atomic E-state index is 11.1. The van der Waals surface area contributed by atoms with Gasteiger partial charge in [0.2, 0.25) is 0 Å². The smallest absolute Gasteiger partial charge is 0.308 e. The van der Waals surface area contributed by atoms with Crippen molar-refractivity contribution in [3.05, 3.63) is 23.8 Å². The number of aromatic nitrogens is 2. The molecule has 0 saturated heterocycles. The van der Waals surface area contributed by atoms with Crippen LogP contribution in [0, 0.1) is 6.92 Å². The molecule has 1 atom stereocenters. The van der Waals surface area contributed by atoms with E-state index in [4.69, 9.17) is 4.74 Å². The fraction of sp³-hybridized carbons (Fsp3) is 0.500. The fourth-order valence-electron chi connectivity index (χ4n) is 1.22. The summed E-state index contributed by atoms with van der Waals surface area (Å²) in [7, 11) is 0. The minimum absolute atomic E-state index is 0.0899. The Morgan fingerprint density at radius 3 is 2.80 bits per heavy atom. The van der Waals surface area contributed by atoms with Crippen molar-refractivity contribution in [2.45, 2.75) is 26.4 Å². The van der Waals surface area contributed by atoms with Gasteiger partial charge in [0.25, 0.3) is 0 Å². The summed E-state index contributed by atoms with van der Waals surface area (Å²) in [6.07, 6.45) is 1.98. The molecule has 1 heterocycles. The van der Waals surface area contributed by atoms with Crippen molar-refractivity contribution in [2.24, 2.45) is 0 Å². The lowest BCUT2D eigenvalue weighted by Crippen LogP contribution is -2.12. The van der Waals surface area contributed by atoms with Crippen LogP contribution in [0.3, 0.4) is 0 Å². The predicted molar refractivity (Wildman–Crippen MR) is 53.0 cm³/mol. The zero-order valence-corrected chi connectivity index (χ0v) is 8.80. The molecule has 1 unspecified atom stereocenters. The average Bonchev–Trinajstić information content (AvgIpc) is 2.18. The van der Waals surface area contributed by atoms with Gasteiger partial charge in [-0.3, -0.25) is 14.8 Å². The maximum Gasteiger partial charge on any atom is 0.308 e. The normalized spacial score (nSPS) is 12.2. The van der Waals surface area contributed by atoms with E-state index in [1.54, 1.807) is 13.8 Å². The molecule has 0 bridgehead atoms. The number of aliphatic hydroxyl groups excluding tert-OH is 1. The first-order valence-corrected chi connectivity index (χ1v) is 4.76. The molecule has 15 heavy (non-hydrogen) atoms. The lowest BCUT2D eigenvalue weighted by molar-refractivity contribution is -0.145. The summed E-state index contributed by atoms with van der Waals surface area (Å²) >= 11 is 0. The molecule has 0 aromatic carbocycles. The molecule has 1 rings (SSSR count). The quantitative estimate of drug-likeness (QED) is 0.743. The van der Waals surface area contributed by atoms with E-state index in [0.717, 1.165) is 0 Å². The molecule has 1 N–H and O–H groups in total. The summed E-state index contributed by atoms with van der Waals surface area (Å²) in [5, 5.41) is 9.70. The highest BCUT2D eigenvalue weighted by Gasteiger charge is 2.17. The van der Waals surface area contributed by atoms with Crippen LogP contribution in [-0.2, 0) is 9.53 Å². The molecule has 1 aromatic heterocycles. The Kier molecular flexibility index (Phi) is 4.17. The van der Waals surface area contributed by atoms with E-state index >= 15 is 0 Å². The van der Waals surface area contributed by atoms with E-state index in [9.17, 15) is 9.90 Å². The van der Waals surface area contributed by atoms with E-state index in [2.05, 4.69) is 9.97 Å². The Labute approximate surface area is 88.1 Å². The second-order valence-corrected chi connectivity index (χ2v) is 3.05. The Balaban J connectivity index is 2.65. The zero-order chi connectivity index (χ0) is 11.3. The number of nitrogens with zero attached hydrogens (tertiary/aromatic N) is 2. The number of rotatable bonds is 4. The van der Waals surface area contributed by atoms with Gasteiger partial charge in [-0.2, -0.15) is 0 Å². The number of aryl methyl sites for hydroxylation is 1. The monoisotopic (exact) mass is 210 g/mol. The van der Waals surface area contributed by atoms with Crippen molar-refractivity contribution in [1.29, 1.82) is 0 Å². The maximum absolute atomic E-state index is 11.1. The van der Waals surface area contributed by atoms with E-state index in [1.807, 2.05) is 0 Å². The van der Waals surface area contributed by atoms with Gasteiger partial charge in [-0.1, -0.05) is 0 Å². The SMILES string of the molecule is CCOC(=O)CC(O)c1nccnc1C. The summed E-state index contributed by atoms with van der Waals surface area (Å²) in [4.78, 5) is 19.1. The van der Waals surface area contributed by atoms with Crippen LogP contribution < -0.4 is 0 Å². The van der Waals surface area contributed by atoms with Gasteiger partial charge in [-0.05, 0) is 13.8 Å². The highest BCUT2D eigenvalue weighted by atomic mass is 16.5. The van der Waals surface area contributed by atoms with Gasteiger partial charge in [0.1, 0.15) is 6.10 Å². The van der Waals surface area contributed by atoms with Crippen LogP contribution in [0.2, 0.25) is 0 Å². The first-order chi connectivity index (χ1) is 7.15. The van der Waals surface area contributed by atoms with Gasteiger partial charge in [0.15, 0.2) is 0 Å². The summed E-state index contributed by atoms with van der Waals surface area (Å²) in [5.74, 6) is -0.435. The molecule has 5 heteroatoms. The molecular formula is C10H14N2O3. The van der Waals surface area contributed by atoms with Crippen molar-refractivity contribution in [3.63, 3.8) is 0 Å². The first-order valence-electron chi connectivity index (χ1n) is 4.76. The molecule has 0 aliphatic rings. The standard InChI is InChI=1S/C10H14N2O3/c1-3-15-9(14)6-8(13)10-7(2)11-4-5-12-10/h4-5,8,13H,3,6H2,1-2H3. The van der Waals surface area contributed by atoms with Gasteiger partial charge >= 0.3 is 5.97 Å². The van der Waals surface area contributed by atoms with Crippen LogP contribution in [0.25, 0.3) is 0 Å². The number of carbonyl (C=O) groups is 1. The molecule has 82 valence electrons. The molecule has 1 aromatic rings. The Bertz CT molecular complexity index is 341. The van der Waals surface area contributed by atoms with Crippen LogP contribution in [0.15, 0.2) is 12.4 Å². The Morgan fingerprint density at radius 2 is 2.20 bits per heavy atom. The van der Waals surface area contributed by atoms with Crippen molar-refractivity contribution in [2.75, 3.05) is 6.61 Å². The van der Waals surface area contributed by atoms with E-state index in [-0.39, 0.29) is 6.42 Å². The second kappa shape index (κ2) is 5.41. The van der Waals surface area contributed by atoms with Gasteiger partial charge in [-0.25, -0.2) is 0 Å². The first kappa shape index (κ1) is 11.6. The Hall–Kier alpha value is -1.49. The number of ether oxygens (including phenoxy) is 1. The summed E-state index contributed by atoms with van der Waals surface area (Å²) < 4.78 is 4.73. The lowest BCUT2D eigenvalue weighted by Gasteiger charge is -2.10. The molecule has 0 radical (unpaired) electrons. The zero-order valence-electron chi connectivity index (χ0n) is 8.80. The second-order valence-electron chi connectivity index (χ2n) is 3.05. The molecule has 0 fully saturated rings.